The Kier molecular flexibility index (Phi) is 4.51. The highest BCUT2D eigenvalue weighted by Crippen LogP contribution is 2.23. The summed E-state index contributed by atoms with van der Waals surface area (Å²) in [4.78, 5) is 12.4. The first-order valence-electron chi connectivity index (χ1n) is 7.92. The van der Waals surface area contributed by atoms with Gasteiger partial charge < -0.3 is 0 Å². The summed E-state index contributed by atoms with van der Waals surface area (Å²) in [6.45, 7) is 4.35. The van der Waals surface area contributed by atoms with Gasteiger partial charge in [-0.1, -0.05) is 48.0 Å². The zero-order valence-electron chi connectivity index (χ0n) is 14.1. The van der Waals surface area contributed by atoms with Gasteiger partial charge in [-0.15, -0.1) is 0 Å². The van der Waals surface area contributed by atoms with Crippen LogP contribution in [-0.2, 0) is 4.79 Å². The molecule has 0 saturated carbocycles. The van der Waals surface area contributed by atoms with Crippen LogP contribution in [0.4, 0.5) is 5.69 Å². The molecule has 0 aromatic heterocycles. The number of azo groups is 1. The van der Waals surface area contributed by atoms with E-state index < -0.39 is 0 Å². The van der Waals surface area contributed by atoms with E-state index in [1.807, 2.05) is 56.3 Å². The smallest absolute Gasteiger partial charge is 0.253 e. The Bertz CT molecular complexity index is 811. The number of carbonyl (C=O) groups excluding carboxylic acids is 1. The van der Waals surface area contributed by atoms with Crippen LogP contribution < -0.4 is 0 Å². The van der Waals surface area contributed by atoms with Gasteiger partial charge in [0.05, 0.1) is 17.9 Å². The molecule has 0 N–H and O–H groups in total. The van der Waals surface area contributed by atoms with E-state index in [0.29, 0.717) is 6.54 Å². The number of benzene rings is 2. The molecule has 0 aliphatic carbocycles. The third kappa shape index (κ3) is 3.25. The molecule has 2 aromatic rings. The van der Waals surface area contributed by atoms with Crippen LogP contribution in [0.25, 0.3) is 0 Å². The van der Waals surface area contributed by atoms with Crippen molar-refractivity contribution < 1.29 is 4.79 Å². The lowest BCUT2D eigenvalue weighted by Crippen LogP contribution is -2.27. The summed E-state index contributed by atoms with van der Waals surface area (Å²) < 4.78 is 0. The van der Waals surface area contributed by atoms with E-state index in [0.717, 1.165) is 22.5 Å². The van der Waals surface area contributed by atoms with E-state index in [1.165, 1.54) is 10.6 Å². The van der Waals surface area contributed by atoms with Gasteiger partial charge in [0.25, 0.3) is 5.91 Å². The van der Waals surface area contributed by atoms with Gasteiger partial charge in [0, 0.05) is 7.05 Å². The quantitative estimate of drug-likeness (QED) is 0.789. The minimum Gasteiger partial charge on any atom is -0.272 e. The molecule has 2 aromatic carbocycles. The Morgan fingerprint density at radius 1 is 1.12 bits per heavy atom. The zero-order valence-corrected chi connectivity index (χ0v) is 14.1. The molecule has 0 spiro atoms. The van der Waals surface area contributed by atoms with E-state index in [2.05, 4.69) is 21.4 Å². The molecular formula is C19H20N4O. The number of hydrogen-bond acceptors (Lipinski definition) is 4. The van der Waals surface area contributed by atoms with Crippen LogP contribution in [0.5, 0.6) is 0 Å². The van der Waals surface area contributed by atoms with Crippen molar-refractivity contribution in [3.05, 3.63) is 65.2 Å². The number of carbonyl (C=O) groups is 1. The maximum Gasteiger partial charge on any atom is 0.253 e. The molecule has 3 rings (SSSR count). The topological polar surface area (TPSA) is 57.4 Å². The molecule has 1 amide bonds. The van der Waals surface area contributed by atoms with Gasteiger partial charge in [-0.2, -0.15) is 15.3 Å². The molecule has 1 heterocycles. The molecule has 1 atom stereocenters. The predicted molar refractivity (Wildman–Crippen MR) is 94.5 cm³/mol. The lowest BCUT2D eigenvalue weighted by atomic mass is 9.97. The van der Waals surface area contributed by atoms with Crippen LogP contribution >= 0.6 is 0 Å². The highest BCUT2D eigenvalue weighted by Gasteiger charge is 2.34. The number of nitrogens with zero attached hydrogens (tertiary/aromatic N) is 4. The summed E-state index contributed by atoms with van der Waals surface area (Å²) in [6.07, 6.45) is 0. The first kappa shape index (κ1) is 16.1. The van der Waals surface area contributed by atoms with E-state index in [-0.39, 0.29) is 11.8 Å². The van der Waals surface area contributed by atoms with Crippen LogP contribution in [0.1, 0.15) is 16.7 Å². The highest BCUT2D eigenvalue weighted by molar-refractivity contribution is 6.16. The molecule has 5 nitrogen and oxygen atoms in total. The van der Waals surface area contributed by atoms with Crippen molar-refractivity contribution in [2.45, 2.75) is 13.8 Å². The van der Waals surface area contributed by atoms with Gasteiger partial charge in [0.1, 0.15) is 5.92 Å². The number of hydrazone groups is 1. The standard InChI is InChI=1S/C19H20N4O/c1-13-9-10-17(14(2)11-13)21-20-12-16-18(22-23(3)19(16)24)15-7-5-4-6-8-15/h4-11,16H,12H2,1-3H3. The largest absolute Gasteiger partial charge is 0.272 e. The Hall–Kier alpha value is -2.82. The number of rotatable bonds is 4. The van der Waals surface area contributed by atoms with Gasteiger partial charge in [-0.3, -0.25) is 4.79 Å². The first-order chi connectivity index (χ1) is 11.6. The Labute approximate surface area is 141 Å². The predicted octanol–water partition coefficient (Wildman–Crippen LogP) is 3.88. The fraction of sp³-hybridized carbons (Fsp3) is 0.263. The van der Waals surface area contributed by atoms with Crippen molar-refractivity contribution in [1.82, 2.24) is 5.01 Å². The fourth-order valence-corrected chi connectivity index (χ4v) is 2.77. The summed E-state index contributed by atoms with van der Waals surface area (Å²) in [6, 6.07) is 15.8. The minimum atomic E-state index is -0.382. The molecule has 0 fully saturated rings. The van der Waals surface area contributed by atoms with Crippen LogP contribution in [0, 0.1) is 19.8 Å². The Morgan fingerprint density at radius 3 is 2.58 bits per heavy atom. The second-order valence-electron chi connectivity index (χ2n) is 5.98. The van der Waals surface area contributed by atoms with Crippen LogP contribution in [0.15, 0.2) is 63.9 Å². The molecule has 1 aliphatic heterocycles. The maximum absolute atomic E-state index is 12.4. The third-order valence-corrected chi connectivity index (χ3v) is 4.07. The number of aryl methyl sites for hydroxylation is 2. The number of amides is 1. The molecular weight excluding hydrogens is 300 g/mol. The van der Waals surface area contributed by atoms with Crippen LogP contribution in [-0.4, -0.2) is 30.2 Å². The molecule has 24 heavy (non-hydrogen) atoms. The fourth-order valence-electron chi connectivity index (χ4n) is 2.77. The van der Waals surface area contributed by atoms with Gasteiger partial charge >= 0.3 is 0 Å². The van der Waals surface area contributed by atoms with Gasteiger partial charge in [-0.05, 0) is 31.0 Å². The second kappa shape index (κ2) is 6.74. The molecule has 0 saturated heterocycles. The summed E-state index contributed by atoms with van der Waals surface area (Å²) in [7, 11) is 1.67. The van der Waals surface area contributed by atoms with Gasteiger partial charge in [0.2, 0.25) is 0 Å². The second-order valence-corrected chi connectivity index (χ2v) is 5.98. The zero-order chi connectivity index (χ0) is 17.1. The van der Waals surface area contributed by atoms with Gasteiger partial charge in [0.15, 0.2) is 0 Å². The molecule has 1 unspecified atom stereocenters. The number of hydrogen-bond donors (Lipinski definition) is 0. The van der Waals surface area contributed by atoms with Crippen LogP contribution in [0.3, 0.4) is 0 Å². The van der Waals surface area contributed by atoms with Crippen molar-refractivity contribution in [3.8, 4) is 0 Å². The van der Waals surface area contributed by atoms with Crippen molar-refractivity contribution in [2.75, 3.05) is 13.6 Å². The van der Waals surface area contributed by atoms with Gasteiger partial charge in [-0.25, -0.2) is 5.01 Å². The molecule has 122 valence electrons. The molecule has 1 aliphatic rings. The van der Waals surface area contributed by atoms with E-state index in [4.69, 9.17) is 0 Å². The van der Waals surface area contributed by atoms with Crippen molar-refractivity contribution in [2.24, 2.45) is 21.2 Å². The lowest BCUT2D eigenvalue weighted by Gasteiger charge is -2.08. The highest BCUT2D eigenvalue weighted by atomic mass is 16.2. The van der Waals surface area contributed by atoms with E-state index in [9.17, 15) is 4.79 Å². The third-order valence-electron chi connectivity index (χ3n) is 4.07. The minimum absolute atomic E-state index is 0.0477. The lowest BCUT2D eigenvalue weighted by molar-refractivity contribution is -0.130. The summed E-state index contributed by atoms with van der Waals surface area (Å²) in [5, 5.41) is 14.3. The van der Waals surface area contributed by atoms with E-state index >= 15 is 0 Å². The molecule has 0 bridgehead atoms. The summed E-state index contributed by atoms with van der Waals surface area (Å²) in [5.41, 5.74) is 4.80. The summed E-state index contributed by atoms with van der Waals surface area (Å²) in [5.74, 6) is -0.430. The first-order valence-corrected chi connectivity index (χ1v) is 7.92. The van der Waals surface area contributed by atoms with Crippen molar-refractivity contribution in [3.63, 3.8) is 0 Å². The average Bonchev–Trinajstić information content (AvgIpc) is 2.86. The van der Waals surface area contributed by atoms with Crippen molar-refractivity contribution >= 4 is 17.3 Å². The monoisotopic (exact) mass is 320 g/mol. The average molecular weight is 320 g/mol. The van der Waals surface area contributed by atoms with Crippen molar-refractivity contribution in [1.29, 1.82) is 0 Å². The molecule has 5 heteroatoms. The van der Waals surface area contributed by atoms with Crippen LogP contribution in [0.2, 0.25) is 0 Å². The Morgan fingerprint density at radius 2 is 1.88 bits per heavy atom. The normalized spacial score (nSPS) is 17.6. The SMILES string of the molecule is Cc1ccc(N=NCC2C(=O)N(C)N=C2c2ccccc2)c(C)c1. The summed E-state index contributed by atoms with van der Waals surface area (Å²) >= 11 is 0. The Balaban J connectivity index is 1.79. The van der Waals surface area contributed by atoms with E-state index in [1.54, 1.807) is 7.05 Å². The molecule has 0 radical (unpaired) electrons. The maximum atomic E-state index is 12.4.